The van der Waals surface area contributed by atoms with Crippen LogP contribution in [0.1, 0.15) is 13.8 Å². The fourth-order valence-corrected chi connectivity index (χ4v) is 4.19. The highest BCUT2D eigenvalue weighted by Crippen LogP contribution is 2.49. The minimum Gasteiger partial charge on any atom is -0.472 e. The number of aliphatic hydroxyl groups excluding tert-OH is 6. The molecule has 1 saturated heterocycles. The van der Waals surface area contributed by atoms with Crippen molar-refractivity contribution in [1.29, 1.82) is 0 Å². The molecular weight excluding hydrogens is 380 g/mol. The molecule has 2 aliphatic heterocycles. The zero-order valence-corrected chi connectivity index (χ0v) is 15.4. The van der Waals surface area contributed by atoms with Crippen LogP contribution >= 0.6 is 0 Å². The van der Waals surface area contributed by atoms with Crippen molar-refractivity contribution < 1.29 is 54.4 Å². The zero-order chi connectivity index (χ0) is 20.8. The number of hydrogen-bond donors (Lipinski definition) is 6. The van der Waals surface area contributed by atoms with Crippen molar-refractivity contribution in [3.8, 4) is 0 Å². The van der Waals surface area contributed by atoms with Gasteiger partial charge in [-0.05, 0) is 13.0 Å². The van der Waals surface area contributed by atoms with Crippen LogP contribution in [0.2, 0.25) is 0 Å². The first kappa shape index (κ1) is 21.4. The average Bonchev–Trinajstić information content (AvgIpc) is 2.83. The lowest BCUT2D eigenvalue weighted by Gasteiger charge is -2.44. The quantitative estimate of drug-likeness (QED) is 0.262. The maximum Gasteiger partial charge on any atom is 0.303 e. The molecule has 28 heavy (non-hydrogen) atoms. The Morgan fingerprint density at radius 2 is 1.75 bits per heavy atom. The van der Waals surface area contributed by atoms with Crippen molar-refractivity contribution in [2.75, 3.05) is 6.61 Å². The van der Waals surface area contributed by atoms with Crippen LogP contribution in [-0.2, 0) is 23.7 Å². The number of carbonyl (C=O) groups is 1. The summed E-state index contributed by atoms with van der Waals surface area (Å²) in [7, 11) is 0. The van der Waals surface area contributed by atoms with E-state index in [1.165, 1.54) is 19.3 Å². The van der Waals surface area contributed by atoms with Gasteiger partial charge in [-0.1, -0.05) is 0 Å². The van der Waals surface area contributed by atoms with Crippen molar-refractivity contribution in [2.24, 2.45) is 11.8 Å². The predicted octanol–water partition coefficient (Wildman–Crippen LogP) is -3.04. The molecule has 1 saturated carbocycles. The lowest BCUT2D eigenvalue weighted by atomic mass is 9.84. The van der Waals surface area contributed by atoms with Gasteiger partial charge in [0.1, 0.15) is 36.1 Å². The molecule has 0 aromatic carbocycles. The Bertz CT molecular complexity index is 610. The number of esters is 1. The molecule has 0 aromatic rings. The van der Waals surface area contributed by atoms with E-state index < -0.39 is 79.2 Å². The second kappa shape index (κ2) is 7.84. The number of aliphatic hydroxyl groups is 6. The van der Waals surface area contributed by atoms with Gasteiger partial charge < -0.3 is 49.6 Å². The van der Waals surface area contributed by atoms with Gasteiger partial charge in [-0.3, -0.25) is 4.79 Å². The Kier molecular flexibility index (Phi) is 5.99. The summed E-state index contributed by atoms with van der Waals surface area (Å²) in [6.45, 7) is 1.95. The van der Waals surface area contributed by atoms with Crippen molar-refractivity contribution in [3.05, 3.63) is 12.3 Å². The molecular formula is C17H26O11. The monoisotopic (exact) mass is 406 g/mol. The minimum atomic E-state index is -1.66. The summed E-state index contributed by atoms with van der Waals surface area (Å²) in [5, 5.41) is 60.1. The number of hydrogen-bond acceptors (Lipinski definition) is 11. The van der Waals surface area contributed by atoms with Crippen LogP contribution in [0.25, 0.3) is 0 Å². The molecule has 0 spiro atoms. The summed E-state index contributed by atoms with van der Waals surface area (Å²) < 4.78 is 21.7. The Morgan fingerprint density at radius 1 is 1.07 bits per heavy atom. The molecule has 160 valence electrons. The third kappa shape index (κ3) is 3.42. The van der Waals surface area contributed by atoms with Crippen molar-refractivity contribution >= 4 is 5.97 Å². The van der Waals surface area contributed by atoms with Gasteiger partial charge in [0.15, 0.2) is 6.29 Å². The van der Waals surface area contributed by atoms with Crippen molar-refractivity contribution in [1.82, 2.24) is 0 Å². The second-order valence-corrected chi connectivity index (χ2v) is 7.48. The number of fused-ring (bicyclic) bond motifs is 1. The first-order valence-corrected chi connectivity index (χ1v) is 8.95. The average molecular weight is 406 g/mol. The third-order valence-electron chi connectivity index (χ3n) is 5.67. The molecule has 11 unspecified atom stereocenters. The van der Waals surface area contributed by atoms with Gasteiger partial charge >= 0.3 is 5.97 Å². The lowest BCUT2D eigenvalue weighted by Crippen LogP contribution is -2.61. The first-order valence-electron chi connectivity index (χ1n) is 8.95. The van der Waals surface area contributed by atoms with Crippen LogP contribution in [0.4, 0.5) is 0 Å². The van der Waals surface area contributed by atoms with Crippen molar-refractivity contribution in [3.63, 3.8) is 0 Å². The van der Waals surface area contributed by atoms with E-state index in [-0.39, 0.29) is 0 Å². The molecule has 2 fully saturated rings. The van der Waals surface area contributed by atoms with Crippen molar-refractivity contribution in [2.45, 2.75) is 68.7 Å². The fraction of sp³-hybridized carbons (Fsp3) is 0.824. The van der Waals surface area contributed by atoms with Gasteiger partial charge in [-0.25, -0.2) is 0 Å². The van der Waals surface area contributed by atoms with Crippen LogP contribution in [0.15, 0.2) is 12.3 Å². The van der Waals surface area contributed by atoms with Gasteiger partial charge in [0, 0.05) is 12.8 Å². The van der Waals surface area contributed by atoms with Gasteiger partial charge in [0.2, 0.25) is 6.29 Å². The summed E-state index contributed by atoms with van der Waals surface area (Å²) in [4.78, 5) is 11.6. The summed E-state index contributed by atoms with van der Waals surface area (Å²) in [6, 6.07) is 0. The highest BCUT2D eigenvalue weighted by Gasteiger charge is 2.64. The molecule has 0 aromatic heterocycles. The van der Waals surface area contributed by atoms with E-state index in [4.69, 9.17) is 18.9 Å². The second-order valence-electron chi connectivity index (χ2n) is 7.48. The molecule has 3 aliphatic rings. The standard InChI is InChI=1S/C17H26O11/c1-6(19)28-17(2)9-7(10(20)14(17)24)3-4-25-15(9)27-16-13(23)12(22)11(21)8(5-18)26-16/h3-4,7-16,18,20-24H,5H2,1-2H3. The first-order chi connectivity index (χ1) is 13.1. The molecule has 0 amide bonds. The minimum absolute atomic E-state index is 0.634. The van der Waals surface area contributed by atoms with Crippen LogP contribution < -0.4 is 0 Å². The highest BCUT2D eigenvalue weighted by molar-refractivity contribution is 5.66. The third-order valence-corrected chi connectivity index (χ3v) is 5.67. The molecule has 2 heterocycles. The summed E-state index contributed by atoms with van der Waals surface area (Å²) >= 11 is 0. The Balaban J connectivity index is 1.85. The zero-order valence-electron chi connectivity index (χ0n) is 15.4. The molecule has 11 atom stereocenters. The van der Waals surface area contributed by atoms with E-state index in [2.05, 4.69) is 0 Å². The fourth-order valence-electron chi connectivity index (χ4n) is 4.19. The predicted molar refractivity (Wildman–Crippen MR) is 88.0 cm³/mol. The molecule has 11 nitrogen and oxygen atoms in total. The van der Waals surface area contributed by atoms with E-state index in [0.29, 0.717) is 0 Å². The Morgan fingerprint density at radius 3 is 2.36 bits per heavy atom. The lowest BCUT2D eigenvalue weighted by molar-refractivity contribution is -0.347. The molecule has 0 bridgehead atoms. The van der Waals surface area contributed by atoms with Crippen LogP contribution in [0.3, 0.4) is 0 Å². The summed E-state index contributed by atoms with van der Waals surface area (Å²) in [6.07, 6.45) is -8.75. The summed E-state index contributed by atoms with van der Waals surface area (Å²) in [5.41, 5.74) is -1.57. The SMILES string of the molecule is CC(=O)OC1(C)C(O)C(O)C2C=COC(OC3OC(CO)C(O)C(O)C3O)C21. The normalized spacial score (nSPS) is 50.7. The number of carbonyl (C=O) groups excluding carboxylic acids is 1. The van der Waals surface area contributed by atoms with E-state index in [1.54, 1.807) is 0 Å². The topological polar surface area (TPSA) is 175 Å². The molecule has 1 aliphatic carbocycles. The Labute approximate surface area is 160 Å². The Hall–Kier alpha value is -1.31. The molecule has 0 radical (unpaired) electrons. The largest absolute Gasteiger partial charge is 0.472 e. The van der Waals surface area contributed by atoms with E-state index in [1.807, 2.05) is 0 Å². The van der Waals surface area contributed by atoms with Crippen LogP contribution in [0.5, 0.6) is 0 Å². The van der Waals surface area contributed by atoms with Gasteiger partial charge in [0.05, 0.1) is 24.9 Å². The van der Waals surface area contributed by atoms with Gasteiger partial charge in [-0.15, -0.1) is 0 Å². The van der Waals surface area contributed by atoms with Gasteiger partial charge in [0.25, 0.3) is 0 Å². The molecule has 11 heteroatoms. The summed E-state index contributed by atoms with van der Waals surface area (Å²) in [5.74, 6) is -2.25. The molecule has 3 rings (SSSR count). The van der Waals surface area contributed by atoms with E-state index in [9.17, 15) is 35.4 Å². The smallest absolute Gasteiger partial charge is 0.303 e. The van der Waals surface area contributed by atoms with Crippen LogP contribution in [0, 0.1) is 11.8 Å². The van der Waals surface area contributed by atoms with E-state index >= 15 is 0 Å². The van der Waals surface area contributed by atoms with Crippen LogP contribution in [-0.4, -0.2) is 98.0 Å². The van der Waals surface area contributed by atoms with Gasteiger partial charge in [-0.2, -0.15) is 0 Å². The molecule has 6 N–H and O–H groups in total. The maximum absolute atomic E-state index is 11.6. The highest BCUT2D eigenvalue weighted by atomic mass is 16.8. The number of ether oxygens (including phenoxy) is 4. The van der Waals surface area contributed by atoms with E-state index in [0.717, 1.165) is 6.92 Å². The number of rotatable bonds is 4. The maximum atomic E-state index is 11.6.